The van der Waals surface area contributed by atoms with Crippen molar-refractivity contribution in [1.82, 2.24) is 10.6 Å². The molecule has 4 heteroatoms. The Balaban J connectivity index is 2.15. The number of thiophene rings is 1. The highest BCUT2D eigenvalue weighted by molar-refractivity contribution is 7.09. The summed E-state index contributed by atoms with van der Waals surface area (Å²) in [6, 6.07) is 3.89. The van der Waals surface area contributed by atoms with Crippen LogP contribution in [-0.2, 0) is 6.54 Å². The van der Waals surface area contributed by atoms with Crippen molar-refractivity contribution < 1.29 is 4.79 Å². The second-order valence-electron chi connectivity index (χ2n) is 2.69. The van der Waals surface area contributed by atoms with E-state index in [2.05, 4.69) is 10.6 Å². The van der Waals surface area contributed by atoms with E-state index in [1.54, 1.807) is 11.3 Å². The van der Waals surface area contributed by atoms with Crippen LogP contribution in [0.1, 0.15) is 18.2 Å². The van der Waals surface area contributed by atoms with E-state index >= 15 is 0 Å². The summed E-state index contributed by atoms with van der Waals surface area (Å²) in [7, 11) is 0. The number of carbonyl (C=O) groups is 1. The lowest BCUT2D eigenvalue weighted by Crippen LogP contribution is -2.35. The second-order valence-corrected chi connectivity index (χ2v) is 3.72. The summed E-state index contributed by atoms with van der Waals surface area (Å²) in [5, 5.41) is 7.53. The molecule has 0 aliphatic carbocycles. The maximum Gasteiger partial charge on any atom is 0.315 e. The monoisotopic (exact) mass is 198 g/mol. The normalized spacial score (nSPS) is 9.62. The first-order chi connectivity index (χ1) is 6.33. The highest BCUT2D eigenvalue weighted by atomic mass is 32.1. The number of urea groups is 1. The number of hydrogen-bond donors (Lipinski definition) is 2. The molecule has 1 rings (SSSR count). The average Bonchev–Trinajstić information content (AvgIpc) is 2.64. The van der Waals surface area contributed by atoms with Crippen molar-refractivity contribution in [3.8, 4) is 0 Å². The first-order valence-electron chi connectivity index (χ1n) is 4.37. The molecule has 2 amide bonds. The maximum atomic E-state index is 11.1. The first-order valence-corrected chi connectivity index (χ1v) is 5.25. The minimum Gasteiger partial charge on any atom is -0.338 e. The Kier molecular flexibility index (Phi) is 4.32. The van der Waals surface area contributed by atoms with Crippen LogP contribution >= 0.6 is 11.3 Å². The summed E-state index contributed by atoms with van der Waals surface area (Å²) >= 11 is 1.65. The lowest BCUT2D eigenvalue weighted by Gasteiger charge is -2.04. The van der Waals surface area contributed by atoms with Gasteiger partial charge in [-0.15, -0.1) is 11.3 Å². The van der Waals surface area contributed by atoms with Gasteiger partial charge in [0.2, 0.25) is 0 Å². The van der Waals surface area contributed by atoms with Crippen molar-refractivity contribution in [1.29, 1.82) is 0 Å². The van der Waals surface area contributed by atoms with Crippen molar-refractivity contribution in [3.63, 3.8) is 0 Å². The first kappa shape index (κ1) is 10.1. The molecule has 72 valence electrons. The van der Waals surface area contributed by atoms with E-state index in [0.29, 0.717) is 6.54 Å². The van der Waals surface area contributed by atoms with Gasteiger partial charge in [-0.1, -0.05) is 13.0 Å². The van der Waals surface area contributed by atoms with Crippen LogP contribution in [0.3, 0.4) is 0 Å². The number of amides is 2. The second kappa shape index (κ2) is 5.59. The zero-order valence-electron chi connectivity index (χ0n) is 7.67. The predicted molar refractivity (Wildman–Crippen MR) is 54.8 cm³/mol. The van der Waals surface area contributed by atoms with Gasteiger partial charge in [0.15, 0.2) is 0 Å². The van der Waals surface area contributed by atoms with Gasteiger partial charge in [-0.25, -0.2) is 4.79 Å². The standard InChI is InChI=1S/C9H14N2OS/c1-2-5-10-9(12)11-7-8-4-3-6-13-8/h3-4,6H,2,5,7H2,1H3,(H2,10,11,12). The van der Waals surface area contributed by atoms with Crippen molar-refractivity contribution in [2.24, 2.45) is 0 Å². The fourth-order valence-corrected chi connectivity index (χ4v) is 1.53. The average molecular weight is 198 g/mol. The summed E-state index contributed by atoms with van der Waals surface area (Å²) in [6.07, 6.45) is 0.965. The van der Waals surface area contributed by atoms with E-state index in [0.717, 1.165) is 13.0 Å². The highest BCUT2D eigenvalue weighted by Crippen LogP contribution is 2.06. The molecule has 0 saturated heterocycles. The molecular formula is C9H14N2OS. The SMILES string of the molecule is CCCNC(=O)NCc1cccs1. The third-order valence-corrected chi connectivity index (χ3v) is 2.42. The molecule has 1 heterocycles. The van der Waals surface area contributed by atoms with Crippen LogP contribution < -0.4 is 10.6 Å². The third kappa shape index (κ3) is 3.94. The Morgan fingerprint density at radius 1 is 1.54 bits per heavy atom. The highest BCUT2D eigenvalue weighted by Gasteiger charge is 1.98. The van der Waals surface area contributed by atoms with Crippen molar-refractivity contribution in [3.05, 3.63) is 22.4 Å². The molecule has 0 unspecified atom stereocenters. The molecule has 1 aromatic heterocycles. The minimum atomic E-state index is -0.0877. The fraction of sp³-hybridized carbons (Fsp3) is 0.444. The van der Waals surface area contributed by atoms with Crippen LogP contribution in [0.2, 0.25) is 0 Å². The third-order valence-electron chi connectivity index (χ3n) is 1.54. The Morgan fingerprint density at radius 3 is 3.00 bits per heavy atom. The molecule has 0 radical (unpaired) electrons. The van der Waals surface area contributed by atoms with Crippen LogP contribution in [0.4, 0.5) is 4.79 Å². The van der Waals surface area contributed by atoms with Crippen LogP contribution in [0.5, 0.6) is 0 Å². The van der Waals surface area contributed by atoms with Gasteiger partial charge in [-0.2, -0.15) is 0 Å². The topological polar surface area (TPSA) is 41.1 Å². The molecule has 1 aromatic rings. The molecule has 0 bridgehead atoms. The summed E-state index contributed by atoms with van der Waals surface area (Å²) in [6.45, 7) is 3.38. The largest absolute Gasteiger partial charge is 0.338 e. The van der Waals surface area contributed by atoms with E-state index < -0.39 is 0 Å². The van der Waals surface area contributed by atoms with Crippen LogP contribution in [0.15, 0.2) is 17.5 Å². The Morgan fingerprint density at radius 2 is 2.38 bits per heavy atom. The summed E-state index contributed by atoms with van der Waals surface area (Å²) < 4.78 is 0. The Labute approximate surface area is 82.2 Å². The van der Waals surface area contributed by atoms with Gasteiger partial charge in [0, 0.05) is 11.4 Å². The van der Waals surface area contributed by atoms with Crippen molar-refractivity contribution >= 4 is 17.4 Å². The summed E-state index contributed by atoms with van der Waals surface area (Å²) in [5.41, 5.74) is 0. The number of carbonyl (C=O) groups excluding carboxylic acids is 1. The molecule has 0 aromatic carbocycles. The predicted octanol–water partition coefficient (Wildman–Crippen LogP) is 1.96. The van der Waals surface area contributed by atoms with E-state index in [1.165, 1.54) is 4.88 Å². The molecule has 2 N–H and O–H groups in total. The van der Waals surface area contributed by atoms with Crippen molar-refractivity contribution in [2.45, 2.75) is 19.9 Å². The molecule has 3 nitrogen and oxygen atoms in total. The lowest BCUT2D eigenvalue weighted by atomic mass is 10.4. The molecule has 0 atom stereocenters. The van der Waals surface area contributed by atoms with Gasteiger partial charge in [-0.05, 0) is 17.9 Å². The van der Waals surface area contributed by atoms with Crippen LogP contribution in [0, 0.1) is 0 Å². The zero-order valence-corrected chi connectivity index (χ0v) is 8.49. The van der Waals surface area contributed by atoms with Crippen LogP contribution in [-0.4, -0.2) is 12.6 Å². The molecule has 0 fully saturated rings. The summed E-state index contributed by atoms with van der Waals surface area (Å²) in [4.78, 5) is 12.3. The van der Waals surface area contributed by atoms with Crippen LogP contribution in [0.25, 0.3) is 0 Å². The quantitative estimate of drug-likeness (QED) is 0.763. The Hall–Kier alpha value is -1.03. The smallest absolute Gasteiger partial charge is 0.315 e. The molecule has 0 spiro atoms. The number of hydrogen-bond acceptors (Lipinski definition) is 2. The Bertz CT molecular complexity index is 246. The van der Waals surface area contributed by atoms with Gasteiger partial charge < -0.3 is 10.6 Å². The van der Waals surface area contributed by atoms with E-state index in [9.17, 15) is 4.79 Å². The van der Waals surface area contributed by atoms with Crippen molar-refractivity contribution in [2.75, 3.05) is 6.54 Å². The molecular weight excluding hydrogens is 184 g/mol. The van der Waals surface area contributed by atoms with Gasteiger partial charge in [0.05, 0.1) is 6.54 Å². The zero-order chi connectivity index (χ0) is 9.52. The number of nitrogens with one attached hydrogen (secondary N) is 2. The molecule has 13 heavy (non-hydrogen) atoms. The molecule has 0 saturated carbocycles. The molecule has 0 aliphatic heterocycles. The van der Waals surface area contributed by atoms with Gasteiger partial charge >= 0.3 is 6.03 Å². The van der Waals surface area contributed by atoms with Gasteiger partial charge in [-0.3, -0.25) is 0 Å². The lowest BCUT2D eigenvalue weighted by molar-refractivity contribution is 0.240. The summed E-state index contributed by atoms with van der Waals surface area (Å²) in [5.74, 6) is 0. The van der Waals surface area contributed by atoms with E-state index in [1.807, 2.05) is 24.4 Å². The minimum absolute atomic E-state index is 0.0877. The molecule has 0 aliphatic rings. The van der Waals surface area contributed by atoms with E-state index in [4.69, 9.17) is 0 Å². The van der Waals surface area contributed by atoms with Gasteiger partial charge in [0.25, 0.3) is 0 Å². The number of rotatable bonds is 4. The van der Waals surface area contributed by atoms with Gasteiger partial charge in [0.1, 0.15) is 0 Å². The van der Waals surface area contributed by atoms with E-state index in [-0.39, 0.29) is 6.03 Å². The maximum absolute atomic E-state index is 11.1. The fourth-order valence-electron chi connectivity index (χ4n) is 0.882.